The van der Waals surface area contributed by atoms with Crippen molar-refractivity contribution in [2.75, 3.05) is 22.1 Å². The van der Waals surface area contributed by atoms with Crippen LogP contribution in [-0.2, 0) is 6.42 Å². The molecule has 0 atom stereocenters. The van der Waals surface area contributed by atoms with Crippen LogP contribution in [0.15, 0.2) is 72.8 Å². The number of anilines is 3. The molecule has 0 saturated heterocycles. The number of nitrogens with one attached hydrogen (secondary N) is 3. The molecule has 7 heteroatoms. The largest absolute Gasteiger partial charge is 0.335 e. The van der Waals surface area contributed by atoms with Crippen LogP contribution in [0.4, 0.5) is 21.9 Å². The quantitative estimate of drug-likeness (QED) is 0.548. The van der Waals surface area contributed by atoms with Gasteiger partial charge in [-0.15, -0.1) is 0 Å². The highest BCUT2D eigenvalue weighted by molar-refractivity contribution is 6.08. The van der Waals surface area contributed by atoms with Gasteiger partial charge in [-0.3, -0.25) is 9.59 Å². The Morgan fingerprint density at radius 2 is 1.39 bits per heavy atom. The topological polar surface area (TPSA) is 90.5 Å². The first-order valence-corrected chi connectivity index (χ1v) is 11.1. The van der Waals surface area contributed by atoms with Crippen LogP contribution in [0.5, 0.6) is 0 Å². The Hall–Kier alpha value is -4.13. The zero-order chi connectivity index (χ0) is 22.8. The lowest BCUT2D eigenvalue weighted by molar-refractivity contribution is 0.0988. The molecule has 1 aliphatic heterocycles. The molecule has 1 heterocycles. The summed E-state index contributed by atoms with van der Waals surface area (Å²) >= 11 is 0. The molecule has 1 saturated carbocycles. The molecule has 3 aromatic carbocycles. The average Bonchev–Trinajstić information content (AvgIpc) is 3.54. The van der Waals surface area contributed by atoms with Crippen LogP contribution < -0.4 is 20.9 Å². The Labute approximate surface area is 191 Å². The van der Waals surface area contributed by atoms with Crippen LogP contribution >= 0.6 is 0 Å². The Morgan fingerprint density at radius 3 is 2.09 bits per heavy atom. The fourth-order valence-corrected chi connectivity index (χ4v) is 3.89. The van der Waals surface area contributed by atoms with Crippen molar-refractivity contribution in [1.82, 2.24) is 5.32 Å². The molecule has 0 radical (unpaired) electrons. The minimum atomic E-state index is -0.267. The smallest absolute Gasteiger partial charge is 0.319 e. The van der Waals surface area contributed by atoms with Gasteiger partial charge in [0.2, 0.25) is 0 Å². The number of nitrogens with zero attached hydrogens (tertiary/aromatic N) is 1. The first-order chi connectivity index (χ1) is 16.1. The number of carbonyl (C=O) groups excluding carboxylic acids is 3. The van der Waals surface area contributed by atoms with Crippen molar-refractivity contribution in [3.8, 4) is 0 Å². The minimum absolute atomic E-state index is 0.0494. The number of benzene rings is 3. The second-order valence-corrected chi connectivity index (χ2v) is 8.32. The van der Waals surface area contributed by atoms with Crippen LogP contribution in [-0.4, -0.2) is 30.4 Å². The molecule has 166 valence electrons. The fourth-order valence-electron chi connectivity index (χ4n) is 3.89. The van der Waals surface area contributed by atoms with Gasteiger partial charge in [-0.25, -0.2) is 4.79 Å². The van der Waals surface area contributed by atoms with E-state index in [1.165, 1.54) is 5.56 Å². The molecule has 0 spiro atoms. The van der Waals surface area contributed by atoms with Gasteiger partial charge in [0.25, 0.3) is 11.8 Å². The number of rotatable bonds is 5. The zero-order valence-corrected chi connectivity index (χ0v) is 18.0. The summed E-state index contributed by atoms with van der Waals surface area (Å²) in [7, 11) is 0. The van der Waals surface area contributed by atoms with E-state index < -0.39 is 0 Å². The van der Waals surface area contributed by atoms with Gasteiger partial charge in [0, 0.05) is 40.8 Å². The highest BCUT2D eigenvalue weighted by Crippen LogP contribution is 2.29. The third-order valence-corrected chi connectivity index (χ3v) is 5.84. The van der Waals surface area contributed by atoms with Crippen LogP contribution in [0.2, 0.25) is 0 Å². The van der Waals surface area contributed by atoms with Gasteiger partial charge in [0.05, 0.1) is 0 Å². The van der Waals surface area contributed by atoms with E-state index in [0.29, 0.717) is 29.0 Å². The van der Waals surface area contributed by atoms with E-state index in [1.54, 1.807) is 53.4 Å². The Balaban J connectivity index is 1.19. The van der Waals surface area contributed by atoms with Gasteiger partial charge >= 0.3 is 6.03 Å². The van der Waals surface area contributed by atoms with Crippen molar-refractivity contribution in [2.45, 2.75) is 25.3 Å². The van der Waals surface area contributed by atoms with Crippen molar-refractivity contribution in [2.24, 2.45) is 0 Å². The summed E-state index contributed by atoms with van der Waals surface area (Å²) in [6.07, 6.45) is 2.90. The van der Waals surface area contributed by atoms with E-state index in [1.807, 2.05) is 24.3 Å². The Morgan fingerprint density at radius 1 is 0.758 bits per heavy atom. The number of carbonyl (C=O) groups is 3. The number of urea groups is 1. The normalized spacial score (nSPS) is 14.4. The predicted octanol–water partition coefficient (Wildman–Crippen LogP) is 4.43. The van der Waals surface area contributed by atoms with Gasteiger partial charge in [0.15, 0.2) is 0 Å². The Bertz CT molecular complexity index is 1200. The predicted molar refractivity (Wildman–Crippen MR) is 128 cm³/mol. The third kappa shape index (κ3) is 4.72. The number of fused-ring (bicyclic) bond motifs is 1. The first kappa shape index (κ1) is 20.8. The van der Waals surface area contributed by atoms with Crippen LogP contribution in [0.3, 0.4) is 0 Å². The number of hydrogen-bond acceptors (Lipinski definition) is 3. The Kier molecular flexibility index (Phi) is 5.52. The van der Waals surface area contributed by atoms with Gasteiger partial charge in [-0.05, 0) is 79.4 Å². The lowest BCUT2D eigenvalue weighted by atomic mass is 10.1. The first-order valence-electron chi connectivity index (χ1n) is 11.1. The molecule has 1 fully saturated rings. The third-order valence-electron chi connectivity index (χ3n) is 5.84. The molecule has 2 aliphatic rings. The summed E-state index contributed by atoms with van der Waals surface area (Å²) in [5.41, 5.74) is 4.41. The van der Waals surface area contributed by atoms with E-state index in [4.69, 9.17) is 0 Å². The van der Waals surface area contributed by atoms with Crippen LogP contribution in [0.25, 0.3) is 0 Å². The maximum atomic E-state index is 12.9. The molecule has 3 N–H and O–H groups in total. The monoisotopic (exact) mass is 440 g/mol. The van der Waals surface area contributed by atoms with Crippen LogP contribution in [0, 0.1) is 0 Å². The fraction of sp³-hybridized carbons (Fsp3) is 0.192. The average molecular weight is 441 g/mol. The van der Waals surface area contributed by atoms with Crippen molar-refractivity contribution in [1.29, 1.82) is 0 Å². The summed E-state index contributed by atoms with van der Waals surface area (Å²) in [6.45, 7) is 0.670. The molecule has 4 amide bonds. The van der Waals surface area contributed by atoms with E-state index in [0.717, 1.165) is 24.9 Å². The molecular weight excluding hydrogens is 416 g/mol. The molecule has 0 unspecified atom stereocenters. The van der Waals surface area contributed by atoms with Gasteiger partial charge in [-0.1, -0.05) is 18.2 Å². The number of para-hydroxylation sites is 1. The van der Waals surface area contributed by atoms with Gasteiger partial charge < -0.3 is 20.9 Å². The summed E-state index contributed by atoms with van der Waals surface area (Å²) in [4.78, 5) is 39.1. The molecule has 0 bridgehead atoms. The van der Waals surface area contributed by atoms with E-state index >= 15 is 0 Å². The van der Waals surface area contributed by atoms with E-state index in [2.05, 4.69) is 16.0 Å². The van der Waals surface area contributed by atoms with Crippen molar-refractivity contribution in [3.63, 3.8) is 0 Å². The standard InChI is InChI=1S/C26H24N4O3/c31-24(18-5-9-21(10-6-18)28-26(33)29-22-13-14-22)27-20-11-7-19(8-12-20)25(32)30-16-15-17-3-1-2-4-23(17)30/h1-12,22H,13-16H2,(H,27,31)(H2,28,29,33). The maximum Gasteiger partial charge on any atom is 0.319 e. The second-order valence-electron chi connectivity index (χ2n) is 8.32. The van der Waals surface area contributed by atoms with Gasteiger partial charge in [-0.2, -0.15) is 0 Å². The number of hydrogen-bond donors (Lipinski definition) is 3. The summed E-state index contributed by atoms with van der Waals surface area (Å²) in [6, 6.07) is 21.6. The summed E-state index contributed by atoms with van der Waals surface area (Å²) in [5, 5.41) is 8.45. The van der Waals surface area contributed by atoms with Crippen molar-refractivity contribution in [3.05, 3.63) is 89.5 Å². The maximum absolute atomic E-state index is 12.9. The molecule has 1 aliphatic carbocycles. The van der Waals surface area contributed by atoms with Crippen LogP contribution in [0.1, 0.15) is 39.1 Å². The molecule has 0 aromatic heterocycles. The lowest BCUT2D eigenvalue weighted by Crippen LogP contribution is -2.30. The van der Waals surface area contributed by atoms with E-state index in [9.17, 15) is 14.4 Å². The SMILES string of the molecule is O=C(Nc1ccc(C(=O)Nc2ccc(C(=O)N3CCc4ccccc43)cc2)cc1)NC1CC1. The minimum Gasteiger partial charge on any atom is -0.335 e. The van der Waals surface area contributed by atoms with E-state index in [-0.39, 0.29) is 23.9 Å². The molecule has 33 heavy (non-hydrogen) atoms. The highest BCUT2D eigenvalue weighted by Gasteiger charge is 2.25. The highest BCUT2D eigenvalue weighted by atomic mass is 16.2. The summed E-state index contributed by atoms with van der Waals surface area (Å²) in [5.74, 6) is -0.317. The summed E-state index contributed by atoms with van der Waals surface area (Å²) < 4.78 is 0. The molecule has 5 rings (SSSR count). The van der Waals surface area contributed by atoms with Crippen molar-refractivity contribution < 1.29 is 14.4 Å². The molecular formula is C26H24N4O3. The van der Waals surface area contributed by atoms with Gasteiger partial charge in [0.1, 0.15) is 0 Å². The lowest BCUT2D eigenvalue weighted by Gasteiger charge is -2.17. The zero-order valence-electron chi connectivity index (χ0n) is 18.0. The molecule has 3 aromatic rings. The molecule has 7 nitrogen and oxygen atoms in total. The number of amides is 4. The van der Waals surface area contributed by atoms with Crippen molar-refractivity contribution >= 4 is 34.9 Å². The second kappa shape index (κ2) is 8.78.